The molecule has 1 aromatic heterocycles. The second kappa shape index (κ2) is 5.20. The van der Waals surface area contributed by atoms with Crippen molar-refractivity contribution in [2.24, 2.45) is 12.5 Å². The van der Waals surface area contributed by atoms with Crippen LogP contribution in [0, 0.1) is 15.5 Å². The van der Waals surface area contributed by atoms with Crippen molar-refractivity contribution in [2.45, 2.75) is 32.2 Å². The molecular weight excluding hydrogens is 264 g/mol. The Bertz CT molecular complexity index is 542. The van der Waals surface area contributed by atoms with E-state index in [9.17, 15) is 20.0 Å². The third-order valence-corrected chi connectivity index (χ3v) is 4.08. The molecular formula is C12H18N4O4. The molecule has 0 spiro atoms. The molecule has 0 saturated heterocycles. The maximum Gasteiger partial charge on any atom is 0.320 e. The highest BCUT2D eigenvalue weighted by atomic mass is 16.6. The normalized spacial score (nSPS) is 25.6. The molecule has 1 saturated carbocycles. The molecule has 110 valence electrons. The van der Waals surface area contributed by atoms with Crippen LogP contribution in [-0.2, 0) is 7.05 Å². The van der Waals surface area contributed by atoms with Gasteiger partial charge in [-0.2, -0.15) is 5.10 Å². The number of aryl methyl sites for hydroxylation is 1. The molecule has 2 atom stereocenters. The van der Waals surface area contributed by atoms with Crippen LogP contribution in [0.4, 0.5) is 5.69 Å². The number of nitrogens with zero attached hydrogens (tertiary/aromatic N) is 3. The summed E-state index contributed by atoms with van der Waals surface area (Å²) < 4.78 is 1.19. The highest BCUT2D eigenvalue weighted by molar-refractivity contribution is 5.96. The maximum absolute atomic E-state index is 12.3. The number of rotatable bonds is 4. The molecule has 1 fully saturated rings. The number of aliphatic hydroxyl groups is 1. The van der Waals surface area contributed by atoms with Crippen molar-refractivity contribution < 1.29 is 14.8 Å². The van der Waals surface area contributed by atoms with Crippen LogP contribution in [0.3, 0.4) is 0 Å². The average molecular weight is 282 g/mol. The smallest absolute Gasteiger partial charge is 0.320 e. The van der Waals surface area contributed by atoms with Crippen LogP contribution in [0.15, 0.2) is 6.20 Å². The van der Waals surface area contributed by atoms with Gasteiger partial charge in [0.15, 0.2) is 0 Å². The topological polar surface area (TPSA) is 110 Å². The molecule has 2 N–H and O–H groups in total. The van der Waals surface area contributed by atoms with Crippen molar-refractivity contribution in [2.75, 3.05) is 6.61 Å². The number of carbonyl (C=O) groups is 1. The minimum absolute atomic E-state index is 0.0224. The number of nitro groups is 1. The van der Waals surface area contributed by atoms with E-state index in [-0.39, 0.29) is 29.4 Å². The first kappa shape index (κ1) is 14.4. The lowest BCUT2D eigenvalue weighted by Crippen LogP contribution is -2.45. The lowest BCUT2D eigenvalue weighted by Gasteiger charge is -2.29. The zero-order valence-corrected chi connectivity index (χ0v) is 11.5. The Balaban J connectivity index is 2.21. The fourth-order valence-corrected chi connectivity index (χ4v) is 2.72. The number of aromatic nitrogens is 2. The van der Waals surface area contributed by atoms with E-state index in [1.165, 1.54) is 11.7 Å². The van der Waals surface area contributed by atoms with E-state index in [2.05, 4.69) is 10.4 Å². The minimum atomic E-state index is -0.623. The van der Waals surface area contributed by atoms with Crippen LogP contribution in [0.5, 0.6) is 0 Å². The van der Waals surface area contributed by atoms with Crippen LogP contribution >= 0.6 is 0 Å². The summed E-state index contributed by atoms with van der Waals surface area (Å²) in [6.07, 6.45) is 3.56. The predicted molar refractivity (Wildman–Crippen MR) is 70.2 cm³/mol. The summed E-state index contributed by atoms with van der Waals surface area (Å²) in [7, 11) is 1.49. The Hall–Kier alpha value is -1.96. The number of carbonyl (C=O) groups excluding carboxylic acids is 1. The van der Waals surface area contributed by atoms with Gasteiger partial charge in [0.2, 0.25) is 5.69 Å². The molecule has 0 aromatic carbocycles. The fourth-order valence-electron chi connectivity index (χ4n) is 2.72. The summed E-state index contributed by atoms with van der Waals surface area (Å²) in [6, 6.07) is -0.186. The molecule has 0 radical (unpaired) electrons. The van der Waals surface area contributed by atoms with Crippen LogP contribution in [0.1, 0.15) is 36.7 Å². The molecule has 1 heterocycles. The first-order valence-corrected chi connectivity index (χ1v) is 6.47. The van der Waals surface area contributed by atoms with Gasteiger partial charge in [-0.1, -0.05) is 13.3 Å². The summed E-state index contributed by atoms with van der Waals surface area (Å²) in [5.74, 6) is -0.525. The van der Waals surface area contributed by atoms with Crippen molar-refractivity contribution in [3.63, 3.8) is 0 Å². The zero-order valence-electron chi connectivity index (χ0n) is 11.5. The first-order chi connectivity index (χ1) is 9.39. The van der Waals surface area contributed by atoms with Gasteiger partial charge < -0.3 is 10.4 Å². The van der Waals surface area contributed by atoms with Gasteiger partial charge in [-0.15, -0.1) is 0 Å². The van der Waals surface area contributed by atoms with E-state index in [4.69, 9.17) is 0 Å². The van der Waals surface area contributed by atoms with Gasteiger partial charge in [0.05, 0.1) is 11.5 Å². The summed E-state index contributed by atoms with van der Waals surface area (Å²) in [6.45, 7) is 1.88. The third kappa shape index (κ3) is 2.38. The monoisotopic (exact) mass is 282 g/mol. The molecule has 1 aliphatic carbocycles. The summed E-state index contributed by atoms with van der Waals surface area (Å²) in [5.41, 5.74) is -0.751. The van der Waals surface area contributed by atoms with Crippen LogP contribution < -0.4 is 5.32 Å². The maximum atomic E-state index is 12.3. The van der Waals surface area contributed by atoms with Crippen molar-refractivity contribution in [1.82, 2.24) is 15.1 Å². The summed E-state index contributed by atoms with van der Waals surface area (Å²) in [4.78, 5) is 22.5. The second-order valence-electron chi connectivity index (χ2n) is 5.49. The van der Waals surface area contributed by atoms with E-state index in [1.54, 1.807) is 0 Å². The predicted octanol–water partition coefficient (Wildman–Crippen LogP) is 0.609. The van der Waals surface area contributed by atoms with E-state index in [0.29, 0.717) is 0 Å². The molecule has 1 aromatic rings. The zero-order chi connectivity index (χ0) is 14.9. The van der Waals surface area contributed by atoms with Gasteiger partial charge in [0.25, 0.3) is 5.91 Å². The molecule has 0 bridgehead atoms. The van der Waals surface area contributed by atoms with Crippen molar-refractivity contribution in [3.8, 4) is 0 Å². The highest BCUT2D eigenvalue weighted by Crippen LogP contribution is 2.37. The molecule has 0 aliphatic heterocycles. The molecule has 2 rings (SSSR count). The van der Waals surface area contributed by atoms with Gasteiger partial charge in [0, 0.05) is 18.5 Å². The number of nitrogens with one attached hydrogen (secondary N) is 1. The number of aliphatic hydroxyl groups excluding tert-OH is 1. The second-order valence-corrected chi connectivity index (χ2v) is 5.49. The minimum Gasteiger partial charge on any atom is -0.396 e. The molecule has 20 heavy (non-hydrogen) atoms. The third-order valence-electron chi connectivity index (χ3n) is 4.08. The Kier molecular flexibility index (Phi) is 3.76. The van der Waals surface area contributed by atoms with Crippen molar-refractivity contribution >= 4 is 11.6 Å². The van der Waals surface area contributed by atoms with E-state index >= 15 is 0 Å². The van der Waals surface area contributed by atoms with Gasteiger partial charge in [-0.05, 0) is 12.8 Å². The molecule has 2 unspecified atom stereocenters. The lowest BCUT2D eigenvalue weighted by molar-refractivity contribution is -0.385. The van der Waals surface area contributed by atoms with E-state index in [0.717, 1.165) is 25.5 Å². The fraction of sp³-hybridized carbons (Fsp3) is 0.667. The van der Waals surface area contributed by atoms with Crippen molar-refractivity contribution in [1.29, 1.82) is 0 Å². The first-order valence-electron chi connectivity index (χ1n) is 6.47. The Morgan fingerprint density at radius 3 is 3.05 bits per heavy atom. The van der Waals surface area contributed by atoms with Crippen molar-refractivity contribution in [3.05, 3.63) is 22.0 Å². The standard InChI is InChI=1S/C12H18N4O4/c1-12(7-17)5-3-4-9(12)14-11(18)10-8(16(19)20)6-13-15(10)2/h6,9,17H,3-5,7H2,1-2H3,(H,14,18). The molecule has 8 heteroatoms. The van der Waals surface area contributed by atoms with Crippen LogP contribution in [0.25, 0.3) is 0 Å². The van der Waals surface area contributed by atoms with Gasteiger partial charge >= 0.3 is 5.69 Å². The van der Waals surface area contributed by atoms with E-state index in [1.807, 2.05) is 6.92 Å². The Labute approximate surface area is 115 Å². The Morgan fingerprint density at radius 2 is 2.45 bits per heavy atom. The quantitative estimate of drug-likeness (QED) is 0.621. The SMILES string of the molecule is Cn1ncc([N+](=O)[O-])c1C(=O)NC1CCCC1(C)CO. The number of hydrogen-bond donors (Lipinski definition) is 2. The largest absolute Gasteiger partial charge is 0.396 e. The van der Waals surface area contributed by atoms with E-state index < -0.39 is 10.8 Å². The van der Waals surface area contributed by atoms with Gasteiger partial charge in [0.1, 0.15) is 6.20 Å². The molecule has 1 amide bonds. The highest BCUT2D eigenvalue weighted by Gasteiger charge is 2.40. The number of amides is 1. The average Bonchev–Trinajstić information content (AvgIpc) is 2.94. The van der Waals surface area contributed by atoms with Gasteiger partial charge in [-0.25, -0.2) is 0 Å². The molecule has 8 nitrogen and oxygen atoms in total. The summed E-state index contributed by atoms with van der Waals surface area (Å²) in [5, 5.41) is 26.9. The molecule has 1 aliphatic rings. The lowest BCUT2D eigenvalue weighted by atomic mass is 9.86. The Morgan fingerprint density at radius 1 is 1.75 bits per heavy atom. The number of hydrogen-bond acceptors (Lipinski definition) is 5. The van der Waals surface area contributed by atoms with Crippen LogP contribution in [0.2, 0.25) is 0 Å². The van der Waals surface area contributed by atoms with Gasteiger partial charge in [-0.3, -0.25) is 19.6 Å². The van der Waals surface area contributed by atoms with Crippen LogP contribution in [-0.4, -0.2) is 38.4 Å². The summed E-state index contributed by atoms with van der Waals surface area (Å²) >= 11 is 0.